The third kappa shape index (κ3) is 4.31. The Kier molecular flexibility index (Phi) is 5.11. The van der Waals surface area contributed by atoms with Gasteiger partial charge in [-0.15, -0.1) is 0 Å². The van der Waals surface area contributed by atoms with Gasteiger partial charge in [0.2, 0.25) is 10.0 Å². The van der Waals surface area contributed by atoms with Crippen LogP contribution in [0.15, 0.2) is 17.2 Å². The van der Waals surface area contributed by atoms with Gasteiger partial charge >= 0.3 is 0 Å². The number of nitrogens with one attached hydrogen (secondary N) is 2. The number of rotatable bonds is 6. The van der Waals surface area contributed by atoms with Gasteiger partial charge in [0.15, 0.2) is 0 Å². The van der Waals surface area contributed by atoms with Crippen LogP contribution in [0, 0.1) is 5.92 Å². The van der Waals surface area contributed by atoms with Gasteiger partial charge in [0, 0.05) is 37.6 Å². The van der Waals surface area contributed by atoms with Crippen molar-refractivity contribution in [3.63, 3.8) is 0 Å². The lowest BCUT2D eigenvalue weighted by atomic mass is 10.1. The van der Waals surface area contributed by atoms with Gasteiger partial charge in [-0.2, -0.15) is 0 Å². The van der Waals surface area contributed by atoms with E-state index in [2.05, 4.69) is 30.8 Å². The van der Waals surface area contributed by atoms with E-state index in [0.29, 0.717) is 23.4 Å². The van der Waals surface area contributed by atoms with E-state index in [1.165, 1.54) is 0 Å². The van der Waals surface area contributed by atoms with E-state index in [1.54, 1.807) is 12.3 Å². The molecule has 0 aliphatic heterocycles. The van der Waals surface area contributed by atoms with Gasteiger partial charge in [-0.05, 0) is 31.2 Å². The Morgan fingerprint density at radius 3 is 2.67 bits per heavy atom. The highest BCUT2D eigenvalue weighted by atomic mass is 32.2. The summed E-state index contributed by atoms with van der Waals surface area (Å²) < 4.78 is 29.6. The summed E-state index contributed by atoms with van der Waals surface area (Å²) in [6, 6.07) is 2.22. The van der Waals surface area contributed by atoms with Crippen molar-refractivity contribution in [1.29, 1.82) is 0 Å². The predicted octanol–water partition coefficient (Wildman–Crippen LogP) is 1.99. The number of aromatic nitrogens is 1. The van der Waals surface area contributed by atoms with Crippen LogP contribution in [0.3, 0.4) is 0 Å². The molecule has 2 N–H and O–H groups in total. The highest BCUT2D eigenvalue weighted by Gasteiger charge is 2.27. The first-order valence-corrected chi connectivity index (χ1v) is 9.17. The SMILES string of the molecule is CC1CCC(NS(=O)(=O)c2cc(CNC(C)C)n(C)c2)C1. The van der Waals surface area contributed by atoms with Crippen molar-refractivity contribution in [3.05, 3.63) is 18.0 Å². The van der Waals surface area contributed by atoms with Crippen LogP contribution in [-0.2, 0) is 23.6 Å². The quantitative estimate of drug-likeness (QED) is 0.844. The maximum absolute atomic E-state index is 12.5. The Bertz CT molecular complexity index is 578. The van der Waals surface area contributed by atoms with Crippen LogP contribution in [0.25, 0.3) is 0 Å². The van der Waals surface area contributed by atoms with Crippen LogP contribution in [0.1, 0.15) is 45.7 Å². The molecule has 0 radical (unpaired) electrons. The molecule has 0 saturated heterocycles. The molecule has 1 heterocycles. The zero-order valence-electron chi connectivity index (χ0n) is 13.4. The summed E-state index contributed by atoms with van der Waals surface area (Å²) in [6.45, 7) is 6.99. The van der Waals surface area contributed by atoms with E-state index in [9.17, 15) is 8.42 Å². The minimum absolute atomic E-state index is 0.0856. The highest BCUT2D eigenvalue weighted by Crippen LogP contribution is 2.26. The maximum atomic E-state index is 12.5. The van der Waals surface area contributed by atoms with Crippen LogP contribution in [0.2, 0.25) is 0 Å². The predicted molar refractivity (Wildman–Crippen MR) is 84.5 cm³/mol. The Hall–Kier alpha value is -0.850. The van der Waals surface area contributed by atoms with Crippen molar-refractivity contribution >= 4 is 10.0 Å². The number of aryl methyl sites for hydroxylation is 1. The molecule has 0 amide bonds. The van der Waals surface area contributed by atoms with Crippen molar-refractivity contribution < 1.29 is 8.42 Å². The second-order valence-corrected chi connectivity index (χ2v) is 8.26. The minimum Gasteiger partial charge on any atom is -0.352 e. The standard InChI is InChI=1S/C15H27N3O2S/c1-11(2)16-9-14-8-15(10-18(14)4)21(19,20)17-13-6-5-12(3)7-13/h8,10-13,16-17H,5-7,9H2,1-4H3. The molecule has 1 aliphatic carbocycles. The molecule has 120 valence electrons. The molecule has 1 saturated carbocycles. The lowest BCUT2D eigenvalue weighted by Crippen LogP contribution is -2.32. The molecule has 5 nitrogen and oxygen atoms in total. The molecule has 2 unspecified atom stereocenters. The molecule has 21 heavy (non-hydrogen) atoms. The number of nitrogens with zero attached hydrogens (tertiary/aromatic N) is 1. The lowest BCUT2D eigenvalue weighted by molar-refractivity contribution is 0.538. The average Bonchev–Trinajstić information content (AvgIpc) is 2.93. The van der Waals surface area contributed by atoms with Crippen molar-refractivity contribution in [3.8, 4) is 0 Å². The molecule has 0 bridgehead atoms. The summed E-state index contributed by atoms with van der Waals surface area (Å²) in [5, 5.41) is 3.31. The normalized spacial score (nSPS) is 23.1. The topological polar surface area (TPSA) is 63.1 Å². The summed E-state index contributed by atoms with van der Waals surface area (Å²) >= 11 is 0. The van der Waals surface area contributed by atoms with Crippen molar-refractivity contribution in [2.45, 2.75) is 63.6 Å². The second-order valence-electron chi connectivity index (χ2n) is 6.55. The van der Waals surface area contributed by atoms with Gasteiger partial charge < -0.3 is 9.88 Å². The van der Waals surface area contributed by atoms with Crippen LogP contribution in [0.5, 0.6) is 0 Å². The van der Waals surface area contributed by atoms with Gasteiger partial charge in [0.1, 0.15) is 0 Å². The first-order valence-electron chi connectivity index (χ1n) is 7.69. The lowest BCUT2D eigenvalue weighted by Gasteiger charge is -2.11. The van der Waals surface area contributed by atoms with E-state index in [-0.39, 0.29) is 6.04 Å². The molecule has 0 spiro atoms. The van der Waals surface area contributed by atoms with Gasteiger partial charge in [0.25, 0.3) is 0 Å². The Balaban J connectivity index is 2.07. The highest BCUT2D eigenvalue weighted by molar-refractivity contribution is 7.89. The third-order valence-electron chi connectivity index (χ3n) is 4.10. The van der Waals surface area contributed by atoms with Crippen LogP contribution < -0.4 is 10.0 Å². The van der Waals surface area contributed by atoms with Crippen LogP contribution in [0.4, 0.5) is 0 Å². The Morgan fingerprint density at radius 1 is 1.38 bits per heavy atom. The van der Waals surface area contributed by atoms with Crippen LogP contribution >= 0.6 is 0 Å². The fourth-order valence-electron chi connectivity index (χ4n) is 2.81. The summed E-state index contributed by atoms with van der Waals surface area (Å²) in [5.74, 6) is 0.610. The summed E-state index contributed by atoms with van der Waals surface area (Å²) in [5.41, 5.74) is 0.976. The smallest absolute Gasteiger partial charge is 0.242 e. The monoisotopic (exact) mass is 313 g/mol. The van der Waals surface area contributed by atoms with E-state index >= 15 is 0 Å². The first kappa shape index (κ1) is 16.5. The van der Waals surface area contributed by atoms with E-state index in [0.717, 1.165) is 25.0 Å². The molecular formula is C15H27N3O2S. The zero-order chi connectivity index (χ0) is 15.6. The molecule has 1 fully saturated rings. The van der Waals surface area contributed by atoms with Gasteiger partial charge in [-0.3, -0.25) is 0 Å². The number of hydrogen-bond acceptors (Lipinski definition) is 3. The fraction of sp³-hybridized carbons (Fsp3) is 0.733. The molecule has 2 rings (SSSR count). The van der Waals surface area contributed by atoms with E-state index in [4.69, 9.17) is 0 Å². The molecule has 1 aromatic heterocycles. The maximum Gasteiger partial charge on any atom is 0.242 e. The minimum atomic E-state index is -3.41. The van der Waals surface area contributed by atoms with E-state index in [1.807, 2.05) is 11.6 Å². The molecule has 2 atom stereocenters. The van der Waals surface area contributed by atoms with Crippen molar-refractivity contribution in [2.24, 2.45) is 13.0 Å². The molecule has 1 aliphatic rings. The largest absolute Gasteiger partial charge is 0.352 e. The van der Waals surface area contributed by atoms with Crippen molar-refractivity contribution in [1.82, 2.24) is 14.6 Å². The molecular weight excluding hydrogens is 286 g/mol. The Labute approximate surface area is 128 Å². The summed E-state index contributed by atoms with van der Waals surface area (Å²) in [7, 11) is -1.52. The number of sulfonamides is 1. The van der Waals surface area contributed by atoms with Crippen molar-refractivity contribution in [2.75, 3.05) is 0 Å². The fourth-order valence-corrected chi connectivity index (χ4v) is 4.19. The zero-order valence-corrected chi connectivity index (χ0v) is 14.2. The third-order valence-corrected chi connectivity index (χ3v) is 5.59. The first-order chi connectivity index (χ1) is 9.78. The molecule has 6 heteroatoms. The molecule has 0 aromatic carbocycles. The second kappa shape index (κ2) is 6.50. The molecule has 1 aromatic rings. The summed E-state index contributed by atoms with van der Waals surface area (Å²) in [6.07, 6.45) is 4.67. The van der Waals surface area contributed by atoms with Gasteiger partial charge in [0.05, 0.1) is 4.90 Å². The Morgan fingerprint density at radius 2 is 2.10 bits per heavy atom. The average molecular weight is 313 g/mol. The summed E-state index contributed by atoms with van der Waals surface area (Å²) in [4.78, 5) is 0.366. The van der Waals surface area contributed by atoms with Crippen LogP contribution in [-0.4, -0.2) is 25.1 Å². The van der Waals surface area contributed by atoms with E-state index < -0.39 is 10.0 Å². The van der Waals surface area contributed by atoms with Gasteiger partial charge in [-0.25, -0.2) is 13.1 Å². The number of hydrogen-bond donors (Lipinski definition) is 2. The van der Waals surface area contributed by atoms with Gasteiger partial charge in [-0.1, -0.05) is 20.8 Å².